The summed E-state index contributed by atoms with van der Waals surface area (Å²) in [6.45, 7) is 5.97. The van der Waals surface area contributed by atoms with E-state index in [1.54, 1.807) is 10.7 Å². The van der Waals surface area contributed by atoms with E-state index >= 15 is 0 Å². The maximum absolute atomic E-state index is 8.94. The van der Waals surface area contributed by atoms with Crippen LogP contribution >= 0.6 is 0 Å². The van der Waals surface area contributed by atoms with E-state index in [-0.39, 0.29) is 0 Å². The highest BCUT2D eigenvalue weighted by Gasteiger charge is 2.11. The van der Waals surface area contributed by atoms with Gasteiger partial charge in [0.05, 0.1) is 5.69 Å². The molecule has 0 unspecified atom stereocenters. The van der Waals surface area contributed by atoms with E-state index in [4.69, 9.17) is 5.26 Å². The first kappa shape index (κ1) is 12.2. The fourth-order valence-corrected chi connectivity index (χ4v) is 1.78. The first-order valence-corrected chi connectivity index (χ1v) is 6.01. The molecule has 18 heavy (non-hydrogen) atoms. The molecule has 92 valence electrons. The number of aryl methyl sites for hydroxylation is 3. The molecule has 0 aliphatic carbocycles. The first-order valence-electron chi connectivity index (χ1n) is 6.01. The Hall–Kier alpha value is -2.22. The van der Waals surface area contributed by atoms with E-state index in [2.05, 4.69) is 35.0 Å². The standard InChI is InChI=1S/C13H15N5/c1-4-10-7-12(5-2)18(17-10)13-15-9(3)6-11(8-14)16-13/h6-7H,4-5H2,1-3H3. The van der Waals surface area contributed by atoms with Crippen LogP contribution in [0.3, 0.4) is 0 Å². The highest BCUT2D eigenvalue weighted by atomic mass is 15.4. The van der Waals surface area contributed by atoms with Crippen molar-refractivity contribution in [1.82, 2.24) is 19.7 Å². The van der Waals surface area contributed by atoms with E-state index in [0.717, 1.165) is 29.9 Å². The van der Waals surface area contributed by atoms with E-state index in [0.29, 0.717) is 11.6 Å². The Bertz CT molecular complexity index is 606. The Morgan fingerprint density at radius 1 is 1.22 bits per heavy atom. The minimum absolute atomic E-state index is 0.369. The minimum Gasteiger partial charge on any atom is -0.216 e. The van der Waals surface area contributed by atoms with Gasteiger partial charge in [0.1, 0.15) is 11.8 Å². The Kier molecular flexibility index (Phi) is 3.38. The number of nitrogens with zero attached hydrogens (tertiary/aromatic N) is 5. The van der Waals surface area contributed by atoms with Crippen molar-refractivity contribution in [2.45, 2.75) is 33.6 Å². The quantitative estimate of drug-likeness (QED) is 0.823. The van der Waals surface area contributed by atoms with Crippen LogP contribution in [0.5, 0.6) is 0 Å². The van der Waals surface area contributed by atoms with Crippen molar-refractivity contribution >= 4 is 0 Å². The summed E-state index contributed by atoms with van der Waals surface area (Å²) in [5, 5.41) is 13.4. The zero-order valence-electron chi connectivity index (χ0n) is 10.8. The van der Waals surface area contributed by atoms with Crippen molar-refractivity contribution in [3.8, 4) is 12.0 Å². The molecular formula is C13H15N5. The van der Waals surface area contributed by atoms with Gasteiger partial charge in [-0.15, -0.1) is 0 Å². The number of hydrogen-bond donors (Lipinski definition) is 0. The Morgan fingerprint density at radius 3 is 2.61 bits per heavy atom. The van der Waals surface area contributed by atoms with Crippen molar-refractivity contribution in [3.05, 3.63) is 34.9 Å². The highest BCUT2D eigenvalue weighted by molar-refractivity contribution is 5.28. The van der Waals surface area contributed by atoms with Crippen LogP contribution in [0.2, 0.25) is 0 Å². The molecule has 0 saturated heterocycles. The Labute approximate surface area is 106 Å². The van der Waals surface area contributed by atoms with Gasteiger partial charge < -0.3 is 0 Å². The fourth-order valence-electron chi connectivity index (χ4n) is 1.78. The topological polar surface area (TPSA) is 67.4 Å². The van der Waals surface area contributed by atoms with E-state index in [1.165, 1.54) is 0 Å². The molecule has 0 amide bonds. The van der Waals surface area contributed by atoms with Crippen LogP contribution in [0.4, 0.5) is 0 Å². The lowest BCUT2D eigenvalue weighted by molar-refractivity contribution is 0.740. The van der Waals surface area contributed by atoms with Gasteiger partial charge in [-0.3, -0.25) is 0 Å². The lowest BCUT2D eigenvalue weighted by Gasteiger charge is -2.04. The van der Waals surface area contributed by atoms with Crippen molar-refractivity contribution in [2.24, 2.45) is 0 Å². The summed E-state index contributed by atoms with van der Waals surface area (Å²) in [6, 6.07) is 5.76. The van der Waals surface area contributed by atoms with Gasteiger partial charge >= 0.3 is 0 Å². The fraction of sp³-hybridized carbons (Fsp3) is 0.385. The maximum atomic E-state index is 8.94. The largest absolute Gasteiger partial charge is 0.252 e. The summed E-state index contributed by atoms with van der Waals surface area (Å²) < 4.78 is 1.73. The average Bonchev–Trinajstić information content (AvgIpc) is 2.81. The zero-order chi connectivity index (χ0) is 13.1. The third-order valence-corrected chi connectivity index (χ3v) is 2.70. The molecule has 2 aromatic heterocycles. The second-order valence-electron chi connectivity index (χ2n) is 4.05. The van der Waals surface area contributed by atoms with Crippen molar-refractivity contribution in [3.63, 3.8) is 0 Å². The van der Waals surface area contributed by atoms with Crippen LogP contribution in [-0.4, -0.2) is 19.7 Å². The maximum Gasteiger partial charge on any atom is 0.252 e. The van der Waals surface area contributed by atoms with Gasteiger partial charge in [0, 0.05) is 11.4 Å². The van der Waals surface area contributed by atoms with Gasteiger partial charge in [0.2, 0.25) is 0 Å². The molecule has 0 saturated carbocycles. The van der Waals surface area contributed by atoms with Gasteiger partial charge in [0.15, 0.2) is 0 Å². The first-order chi connectivity index (χ1) is 8.67. The molecule has 2 aromatic rings. The van der Waals surface area contributed by atoms with Gasteiger partial charge in [-0.05, 0) is 31.9 Å². The van der Waals surface area contributed by atoms with Crippen LogP contribution in [0.15, 0.2) is 12.1 Å². The van der Waals surface area contributed by atoms with Crippen LogP contribution in [0.1, 0.15) is 36.6 Å². The summed E-state index contributed by atoms with van der Waals surface area (Å²) >= 11 is 0. The normalized spacial score (nSPS) is 10.3. The minimum atomic E-state index is 0.369. The molecule has 0 N–H and O–H groups in total. The lowest BCUT2D eigenvalue weighted by Crippen LogP contribution is -2.08. The molecule has 0 spiro atoms. The van der Waals surface area contributed by atoms with Crippen molar-refractivity contribution in [2.75, 3.05) is 0 Å². The predicted molar refractivity (Wildman–Crippen MR) is 67.4 cm³/mol. The van der Waals surface area contributed by atoms with E-state index < -0.39 is 0 Å². The predicted octanol–water partition coefficient (Wildman–Crippen LogP) is 1.97. The van der Waals surface area contributed by atoms with Gasteiger partial charge in [-0.2, -0.15) is 10.4 Å². The van der Waals surface area contributed by atoms with Gasteiger partial charge in [0.25, 0.3) is 5.95 Å². The molecule has 0 aliphatic heterocycles. The van der Waals surface area contributed by atoms with Crippen LogP contribution in [-0.2, 0) is 12.8 Å². The molecule has 0 aromatic carbocycles. The molecule has 0 radical (unpaired) electrons. The number of aromatic nitrogens is 4. The average molecular weight is 241 g/mol. The highest BCUT2D eigenvalue weighted by Crippen LogP contribution is 2.12. The SMILES string of the molecule is CCc1cc(CC)n(-c2nc(C)cc(C#N)n2)n1. The van der Waals surface area contributed by atoms with Crippen LogP contribution < -0.4 is 0 Å². The number of rotatable bonds is 3. The molecule has 5 nitrogen and oxygen atoms in total. The Balaban J connectivity index is 2.57. The van der Waals surface area contributed by atoms with E-state index in [9.17, 15) is 0 Å². The summed E-state index contributed by atoms with van der Waals surface area (Å²) in [5.41, 5.74) is 3.21. The molecule has 2 heterocycles. The zero-order valence-corrected chi connectivity index (χ0v) is 10.8. The van der Waals surface area contributed by atoms with Crippen molar-refractivity contribution in [1.29, 1.82) is 5.26 Å². The molecular weight excluding hydrogens is 226 g/mol. The summed E-state index contributed by atoms with van der Waals surface area (Å²) in [7, 11) is 0. The summed E-state index contributed by atoms with van der Waals surface area (Å²) in [6.07, 6.45) is 1.73. The van der Waals surface area contributed by atoms with Crippen LogP contribution in [0.25, 0.3) is 5.95 Å². The van der Waals surface area contributed by atoms with Gasteiger partial charge in [-0.1, -0.05) is 13.8 Å². The summed E-state index contributed by atoms with van der Waals surface area (Å²) in [4.78, 5) is 8.55. The third kappa shape index (κ3) is 2.23. The lowest BCUT2D eigenvalue weighted by atomic mass is 10.3. The molecule has 2 rings (SSSR count). The van der Waals surface area contributed by atoms with Crippen molar-refractivity contribution < 1.29 is 0 Å². The second kappa shape index (κ2) is 4.96. The molecule has 0 bridgehead atoms. The molecule has 5 heteroatoms. The number of hydrogen-bond acceptors (Lipinski definition) is 4. The van der Waals surface area contributed by atoms with Gasteiger partial charge in [-0.25, -0.2) is 14.6 Å². The summed E-state index contributed by atoms with van der Waals surface area (Å²) in [5.74, 6) is 0.475. The Morgan fingerprint density at radius 2 is 2.00 bits per heavy atom. The molecule has 0 fully saturated rings. The smallest absolute Gasteiger partial charge is 0.216 e. The molecule has 0 atom stereocenters. The number of nitriles is 1. The monoisotopic (exact) mass is 241 g/mol. The third-order valence-electron chi connectivity index (χ3n) is 2.70. The second-order valence-corrected chi connectivity index (χ2v) is 4.05. The molecule has 0 aliphatic rings. The van der Waals surface area contributed by atoms with E-state index in [1.807, 2.05) is 13.0 Å². The van der Waals surface area contributed by atoms with Crippen LogP contribution in [0, 0.1) is 18.3 Å².